The number of rotatable bonds is 6. The van der Waals surface area contributed by atoms with Crippen molar-refractivity contribution in [1.82, 2.24) is 14.7 Å². The van der Waals surface area contributed by atoms with Crippen LogP contribution in [0.2, 0.25) is 0 Å². The normalized spacial score (nSPS) is 14.0. The highest BCUT2D eigenvalue weighted by atomic mass is 16.3. The second-order valence-corrected chi connectivity index (χ2v) is 7.68. The Morgan fingerprint density at radius 2 is 1.63 bits per heavy atom. The fourth-order valence-electron chi connectivity index (χ4n) is 3.73. The van der Waals surface area contributed by atoms with Gasteiger partial charge in [-0.25, -0.2) is 0 Å². The van der Waals surface area contributed by atoms with E-state index < -0.39 is 0 Å². The van der Waals surface area contributed by atoms with Crippen molar-refractivity contribution >= 4 is 17.7 Å². The summed E-state index contributed by atoms with van der Waals surface area (Å²) in [5, 5.41) is 0. The summed E-state index contributed by atoms with van der Waals surface area (Å²) in [5.74, 6) is 1.18. The summed E-state index contributed by atoms with van der Waals surface area (Å²) in [6.07, 6.45) is 0.245. The first-order chi connectivity index (χ1) is 14.3. The minimum absolute atomic E-state index is 0.00385. The number of amides is 3. The van der Waals surface area contributed by atoms with Gasteiger partial charge in [0.1, 0.15) is 11.5 Å². The molecule has 1 fully saturated rings. The summed E-state index contributed by atoms with van der Waals surface area (Å²) in [6, 6.07) is 11.5. The van der Waals surface area contributed by atoms with Crippen molar-refractivity contribution in [1.29, 1.82) is 0 Å². The maximum Gasteiger partial charge on any atom is 0.257 e. The van der Waals surface area contributed by atoms with Gasteiger partial charge in [0.25, 0.3) is 5.91 Å². The van der Waals surface area contributed by atoms with E-state index in [1.54, 1.807) is 34.6 Å². The SMILES string of the molecule is CC(=O)N1CCN(C(=O)CCN(Cc2ccccc2)C(=O)c2cc(C)oc2C)CC1. The van der Waals surface area contributed by atoms with Crippen LogP contribution in [0, 0.1) is 13.8 Å². The van der Waals surface area contributed by atoms with Gasteiger partial charge in [-0.15, -0.1) is 0 Å². The van der Waals surface area contributed by atoms with Crippen molar-refractivity contribution in [2.24, 2.45) is 0 Å². The van der Waals surface area contributed by atoms with Crippen molar-refractivity contribution in [3.05, 3.63) is 59.0 Å². The maximum atomic E-state index is 13.2. The lowest BCUT2D eigenvalue weighted by molar-refractivity contribution is -0.138. The van der Waals surface area contributed by atoms with Gasteiger partial charge in [0, 0.05) is 52.6 Å². The average molecular weight is 412 g/mol. The first kappa shape index (κ1) is 21.6. The van der Waals surface area contributed by atoms with E-state index in [9.17, 15) is 14.4 Å². The van der Waals surface area contributed by atoms with Crippen LogP contribution in [-0.2, 0) is 16.1 Å². The molecule has 0 radical (unpaired) electrons. The molecule has 0 bridgehead atoms. The molecule has 160 valence electrons. The number of carbonyl (C=O) groups is 3. The molecule has 3 amide bonds. The maximum absolute atomic E-state index is 13.2. The fraction of sp³-hybridized carbons (Fsp3) is 0.435. The second-order valence-electron chi connectivity index (χ2n) is 7.68. The van der Waals surface area contributed by atoms with Crippen LogP contribution >= 0.6 is 0 Å². The Labute approximate surface area is 177 Å². The third-order valence-corrected chi connectivity index (χ3v) is 5.45. The van der Waals surface area contributed by atoms with Crippen LogP contribution in [0.15, 0.2) is 40.8 Å². The van der Waals surface area contributed by atoms with E-state index in [1.807, 2.05) is 37.3 Å². The summed E-state index contributed by atoms with van der Waals surface area (Å²) in [4.78, 5) is 42.6. The number of carbonyl (C=O) groups excluding carboxylic acids is 3. The number of aryl methyl sites for hydroxylation is 2. The quantitative estimate of drug-likeness (QED) is 0.732. The molecule has 1 aliphatic rings. The number of benzene rings is 1. The zero-order chi connectivity index (χ0) is 21.7. The van der Waals surface area contributed by atoms with E-state index in [2.05, 4.69) is 0 Å². The molecule has 0 saturated carbocycles. The highest BCUT2D eigenvalue weighted by Gasteiger charge is 2.25. The van der Waals surface area contributed by atoms with Crippen LogP contribution in [-0.4, -0.2) is 65.1 Å². The van der Waals surface area contributed by atoms with Gasteiger partial charge >= 0.3 is 0 Å². The van der Waals surface area contributed by atoms with Crippen LogP contribution in [0.4, 0.5) is 0 Å². The van der Waals surface area contributed by atoms with E-state index in [-0.39, 0.29) is 24.1 Å². The Bertz CT molecular complexity index is 898. The molecule has 30 heavy (non-hydrogen) atoms. The molecule has 0 spiro atoms. The minimum Gasteiger partial charge on any atom is -0.466 e. The highest BCUT2D eigenvalue weighted by molar-refractivity contribution is 5.95. The number of furan rings is 1. The molecule has 1 saturated heterocycles. The molecule has 3 rings (SSSR count). The second kappa shape index (κ2) is 9.61. The molecule has 2 aromatic rings. The molecule has 0 unspecified atom stereocenters. The zero-order valence-electron chi connectivity index (χ0n) is 17.9. The number of hydrogen-bond donors (Lipinski definition) is 0. The first-order valence-electron chi connectivity index (χ1n) is 10.3. The van der Waals surface area contributed by atoms with Gasteiger partial charge < -0.3 is 19.1 Å². The predicted octanol–water partition coefficient (Wildman–Crippen LogP) is 2.62. The van der Waals surface area contributed by atoms with E-state index in [1.165, 1.54) is 0 Å². The van der Waals surface area contributed by atoms with Crippen LogP contribution in [0.1, 0.15) is 40.8 Å². The largest absolute Gasteiger partial charge is 0.466 e. The van der Waals surface area contributed by atoms with Gasteiger partial charge in [-0.3, -0.25) is 14.4 Å². The standard InChI is InChI=1S/C23H29N3O4/c1-17-15-21(18(2)30-17)23(29)26(16-20-7-5-4-6-8-20)10-9-22(28)25-13-11-24(12-14-25)19(3)27/h4-8,15H,9-14,16H2,1-3H3. The number of nitrogens with zero attached hydrogens (tertiary/aromatic N) is 3. The lowest BCUT2D eigenvalue weighted by Gasteiger charge is -2.34. The summed E-state index contributed by atoms with van der Waals surface area (Å²) < 4.78 is 5.53. The molecule has 0 atom stereocenters. The Morgan fingerprint density at radius 1 is 1.00 bits per heavy atom. The van der Waals surface area contributed by atoms with E-state index in [4.69, 9.17) is 4.42 Å². The molecule has 2 heterocycles. The van der Waals surface area contributed by atoms with Crippen molar-refractivity contribution in [3.8, 4) is 0 Å². The molecule has 1 aromatic heterocycles. The third-order valence-electron chi connectivity index (χ3n) is 5.45. The van der Waals surface area contributed by atoms with E-state index in [0.29, 0.717) is 56.4 Å². The first-order valence-corrected chi connectivity index (χ1v) is 10.3. The van der Waals surface area contributed by atoms with Gasteiger partial charge in [-0.05, 0) is 25.5 Å². The van der Waals surface area contributed by atoms with Gasteiger partial charge in [-0.1, -0.05) is 30.3 Å². The molecular formula is C23H29N3O4. The molecular weight excluding hydrogens is 382 g/mol. The monoisotopic (exact) mass is 411 g/mol. The predicted molar refractivity (Wildman–Crippen MR) is 113 cm³/mol. The van der Waals surface area contributed by atoms with Gasteiger partial charge in [0.05, 0.1) is 5.56 Å². The van der Waals surface area contributed by atoms with E-state index >= 15 is 0 Å². The molecule has 0 N–H and O–H groups in total. The van der Waals surface area contributed by atoms with E-state index in [0.717, 1.165) is 5.56 Å². The lowest BCUT2D eigenvalue weighted by Crippen LogP contribution is -2.50. The summed E-state index contributed by atoms with van der Waals surface area (Å²) >= 11 is 0. The Kier molecular flexibility index (Phi) is 6.92. The smallest absolute Gasteiger partial charge is 0.257 e. The van der Waals surface area contributed by atoms with Crippen LogP contribution in [0.25, 0.3) is 0 Å². The Hall–Kier alpha value is -3.09. The van der Waals surface area contributed by atoms with Crippen LogP contribution in [0.3, 0.4) is 0 Å². The van der Waals surface area contributed by atoms with Crippen LogP contribution in [0.5, 0.6) is 0 Å². The lowest BCUT2D eigenvalue weighted by atomic mass is 10.1. The molecule has 1 aromatic carbocycles. The minimum atomic E-state index is -0.137. The summed E-state index contributed by atoms with van der Waals surface area (Å²) in [7, 11) is 0. The molecule has 7 heteroatoms. The molecule has 7 nitrogen and oxygen atoms in total. The topological polar surface area (TPSA) is 74.1 Å². The zero-order valence-corrected chi connectivity index (χ0v) is 17.9. The number of piperazine rings is 1. The van der Waals surface area contributed by atoms with Gasteiger partial charge in [0.2, 0.25) is 11.8 Å². The van der Waals surface area contributed by atoms with Crippen molar-refractivity contribution in [3.63, 3.8) is 0 Å². The molecule has 1 aliphatic heterocycles. The van der Waals surface area contributed by atoms with Crippen LogP contribution < -0.4 is 0 Å². The number of hydrogen-bond acceptors (Lipinski definition) is 4. The average Bonchev–Trinajstić information content (AvgIpc) is 3.09. The third kappa shape index (κ3) is 5.28. The highest BCUT2D eigenvalue weighted by Crippen LogP contribution is 2.18. The summed E-state index contributed by atoms with van der Waals surface area (Å²) in [5.41, 5.74) is 1.54. The summed E-state index contributed by atoms with van der Waals surface area (Å²) in [6.45, 7) is 8.07. The Morgan fingerprint density at radius 3 is 2.20 bits per heavy atom. The Balaban J connectivity index is 1.66. The van der Waals surface area contributed by atoms with Crippen molar-refractivity contribution in [2.75, 3.05) is 32.7 Å². The van der Waals surface area contributed by atoms with Crippen molar-refractivity contribution < 1.29 is 18.8 Å². The van der Waals surface area contributed by atoms with Gasteiger partial charge in [-0.2, -0.15) is 0 Å². The van der Waals surface area contributed by atoms with Gasteiger partial charge in [0.15, 0.2) is 0 Å². The fourth-order valence-corrected chi connectivity index (χ4v) is 3.73. The molecule has 0 aliphatic carbocycles. The van der Waals surface area contributed by atoms with Crippen molar-refractivity contribution in [2.45, 2.75) is 33.7 Å².